The van der Waals surface area contributed by atoms with Gasteiger partial charge in [-0.15, -0.1) is 0 Å². The summed E-state index contributed by atoms with van der Waals surface area (Å²) < 4.78 is 6.89. The zero-order valence-electron chi connectivity index (χ0n) is 32.1. The quantitative estimate of drug-likeness (QED) is 0.162. The van der Waals surface area contributed by atoms with Crippen molar-refractivity contribution in [3.8, 4) is 44.5 Å². The van der Waals surface area contributed by atoms with Crippen LogP contribution in [-0.2, 0) is 5.41 Å². The molecular weight excluding hydrogens is 703 g/mol. The summed E-state index contributed by atoms with van der Waals surface area (Å²) in [5.41, 5.74) is 18.2. The van der Waals surface area contributed by atoms with Crippen LogP contribution in [0.25, 0.3) is 66.4 Å². The van der Waals surface area contributed by atoms with E-state index in [2.05, 4.69) is 230 Å². The smallest absolute Gasteiger partial charge is 0.159 e. The Morgan fingerprint density at radius 2 is 0.828 bits per heavy atom. The lowest BCUT2D eigenvalue weighted by Crippen LogP contribution is -2.22. The fraction of sp³-hybridized carbons (Fsp3) is 0.0357. The molecule has 0 aliphatic heterocycles. The maximum Gasteiger partial charge on any atom is 0.159 e. The van der Waals surface area contributed by atoms with E-state index in [1.54, 1.807) is 0 Å². The van der Waals surface area contributed by atoms with Crippen molar-refractivity contribution >= 4 is 39.0 Å². The summed E-state index contributed by atoms with van der Waals surface area (Å²) in [7, 11) is 0. The van der Waals surface area contributed by atoms with Gasteiger partial charge in [0.2, 0.25) is 0 Å². The maximum atomic E-state index is 6.89. The SMILES string of the molecule is CC1(c2ccc3oc4c(N(c5ccc(-c6ccccc6)cc5)c5ccc(-c6ccc(-c7ccccc7)cc6)cc5)cccc4c3c2)c2ccccc2-c2ccccc21. The number of hydrogen-bond donors (Lipinski definition) is 0. The van der Waals surface area contributed by atoms with Crippen LogP contribution in [0.4, 0.5) is 17.1 Å². The van der Waals surface area contributed by atoms with E-state index in [4.69, 9.17) is 4.42 Å². The predicted octanol–water partition coefficient (Wildman–Crippen LogP) is 15.4. The van der Waals surface area contributed by atoms with Gasteiger partial charge in [-0.05, 0) is 111 Å². The molecule has 58 heavy (non-hydrogen) atoms. The molecule has 0 amide bonds. The molecule has 10 aromatic rings. The van der Waals surface area contributed by atoms with Crippen LogP contribution in [0.1, 0.15) is 23.6 Å². The van der Waals surface area contributed by atoms with E-state index in [0.717, 1.165) is 39.0 Å². The molecular formula is C56H39NO. The lowest BCUT2D eigenvalue weighted by atomic mass is 9.74. The average molecular weight is 742 g/mol. The Labute approximate surface area is 338 Å². The average Bonchev–Trinajstić information content (AvgIpc) is 3.81. The summed E-state index contributed by atoms with van der Waals surface area (Å²) in [5, 5.41) is 2.21. The van der Waals surface area contributed by atoms with Crippen molar-refractivity contribution in [1.82, 2.24) is 0 Å². The number of rotatable bonds is 7. The van der Waals surface area contributed by atoms with Crippen molar-refractivity contribution in [3.05, 3.63) is 235 Å². The second-order valence-corrected chi connectivity index (χ2v) is 15.4. The van der Waals surface area contributed by atoms with Gasteiger partial charge in [0.15, 0.2) is 5.58 Å². The molecule has 1 aromatic heterocycles. The molecule has 1 aliphatic carbocycles. The monoisotopic (exact) mass is 741 g/mol. The van der Waals surface area contributed by atoms with Gasteiger partial charge in [-0.2, -0.15) is 0 Å². The molecule has 0 unspecified atom stereocenters. The molecule has 0 bridgehead atoms. The largest absolute Gasteiger partial charge is 0.454 e. The molecule has 0 saturated heterocycles. The third-order valence-electron chi connectivity index (χ3n) is 12.2. The van der Waals surface area contributed by atoms with Crippen LogP contribution in [0.2, 0.25) is 0 Å². The van der Waals surface area contributed by atoms with Crippen LogP contribution < -0.4 is 4.90 Å². The first kappa shape index (κ1) is 33.9. The van der Waals surface area contributed by atoms with E-state index >= 15 is 0 Å². The summed E-state index contributed by atoms with van der Waals surface area (Å²) in [6, 6.07) is 78.7. The lowest BCUT2D eigenvalue weighted by Gasteiger charge is -2.28. The first-order valence-corrected chi connectivity index (χ1v) is 20.0. The number of hydrogen-bond acceptors (Lipinski definition) is 2. The Balaban J connectivity index is 1.03. The summed E-state index contributed by atoms with van der Waals surface area (Å²) in [6.45, 7) is 2.37. The second kappa shape index (κ2) is 13.7. The zero-order valence-corrected chi connectivity index (χ0v) is 32.1. The molecule has 274 valence electrons. The number of furan rings is 1. The van der Waals surface area contributed by atoms with Crippen molar-refractivity contribution in [2.75, 3.05) is 4.90 Å². The lowest BCUT2D eigenvalue weighted by molar-refractivity contribution is 0.667. The van der Waals surface area contributed by atoms with Crippen molar-refractivity contribution in [1.29, 1.82) is 0 Å². The van der Waals surface area contributed by atoms with Gasteiger partial charge in [-0.25, -0.2) is 0 Å². The minimum absolute atomic E-state index is 0.293. The third kappa shape index (κ3) is 5.49. The molecule has 2 heteroatoms. The Morgan fingerprint density at radius 3 is 1.34 bits per heavy atom. The van der Waals surface area contributed by atoms with Crippen molar-refractivity contribution in [3.63, 3.8) is 0 Å². The molecule has 0 radical (unpaired) electrons. The summed E-state index contributed by atoms with van der Waals surface area (Å²) in [5.74, 6) is 0. The van der Waals surface area contributed by atoms with Crippen LogP contribution in [0.5, 0.6) is 0 Å². The zero-order chi connectivity index (χ0) is 38.6. The normalized spacial score (nSPS) is 12.7. The highest BCUT2D eigenvalue weighted by Crippen LogP contribution is 2.53. The van der Waals surface area contributed by atoms with E-state index in [1.165, 1.54) is 61.2 Å². The van der Waals surface area contributed by atoms with Crippen LogP contribution >= 0.6 is 0 Å². The molecule has 11 rings (SSSR count). The first-order chi connectivity index (χ1) is 28.6. The van der Waals surface area contributed by atoms with E-state index in [1.807, 2.05) is 0 Å². The van der Waals surface area contributed by atoms with Crippen molar-refractivity contribution < 1.29 is 4.42 Å². The molecule has 0 saturated carbocycles. The molecule has 0 N–H and O–H groups in total. The minimum Gasteiger partial charge on any atom is -0.454 e. The second-order valence-electron chi connectivity index (χ2n) is 15.4. The van der Waals surface area contributed by atoms with Crippen molar-refractivity contribution in [2.24, 2.45) is 0 Å². The van der Waals surface area contributed by atoms with Gasteiger partial charge in [-0.3, -0.25) is 0 Å². The molecule has 0 spiro atoms. The van der Waals surface area contributed by atoms with Gasteiger partial charge in [0.1, 0.15) is 5.58 Å². The van der Waals surface area contributed by atoms with Gasteiger partial charge in [-0.1, -0.05) is 176 Å². The van der Waals surface area contributed by atoms with Gasteiger partial charge in [0.05, 0.1) is 5.69 Å². The summed E-state index contributed by atoms with van der Waals surface area (Å²) >= 11 is 0. The molecule has 1 aliphatic rings. The molecule has 0 fully saturated rings. The Morgan fingerprint density at radius 1 is 0.379 bits per heavy atom. The summed E-state index contributed by atoms with van der Waals surface area (Å²) in [4.78, 5) is 2.33. The molecule has 0 atom stereocenters. The number of nitrogens with zero attached hydrogens (tertiary/aromatic N) is 1. The van der Waals surface area contributed by atoms with E-state index in [-0.39, 0.29) is 5.41 Å². The number of para-hydroxylation sites is 1. The first-order valence-electron chi connectivity index (χ1n) is 20.0. The van der Waals surface area contributed by atoms with Crippen LogP contribution in [0, 0.1) is 0 Å². The number of benzene rings is 9. The highest BCUT2D eigenvalue weighted by atomic mass is 16.3. The topological polar surface area (TPSA) is 16.4 Å². The highest BCUT2D eigenvalue weighted by Gasteiger charge is 2.40. The van der Waals surface area contributed by atoms with E-state index < -0.39 is 0 Å². The van der Waals surface area contributed by atoms with Crippen molar-refractivity contribution in [2.45, 2.75) is 12.3 Å². The van der Waals surface area contributed by atoms with Gasteiger partial charge >= 0.3 is 0 Å². The summed E-state index contributed by atoms with van der Waals surface area (Å²) in [6.07, 6.45) is 0. The van der Waals surface area contributed by atoms with Gasteiger partial charge in [0, 0.05) is 27.6 Å². The molecule has 9 aromatic carbocycles. The number of anilines is 3. The van der Waals surface area contributed by atoms with E-state index in [0.29, 0.717) is 0 Å². The van der Waals surface area contributed by atoms with Crippen LogP contribution in [0.15, 0.2) is 223 Å². The highest BCUT2D eigenvalue weighted by molar-refractivity contribution is 6.10. The van der Waals surface area contributed by atoms with Crippen LogP contribution in [-0.4, -0.2) is 0 Å². The van der Waals surface area contributed by atoms with E-state index in [9.17, 15) is 0 Å². The maximum absolute atomic E-state index is 6.89. The number of fused-ring (bicyclic) bond motifs is 6. The Kier molecular flexibility index (Phi) is 7.97. The van der Waals surface area contributed by atoms with Gasteiger partial charge < -0.3 is 9.32 Å². The standard InChI is InChI=1S/C56H39NO/c1-56(51-20-10-8-17-47(51)48-18-9-11-21-52(48)56)44-31-36-54-50(37-44)49-19-12-22-53(55(49)58-54)57(45-32-27-42(28-33-45)39-15-6-3-7-16-39)46-34-29-43(30-35-46)41-25-23-40(24-26-41)38-13-4-2-5-14-38/h2-37H,1H3. The Bertz CT molecular complexity index is 3040. The van der Waals surface area contributed by atoms with Gasteiger partial charge in [0.25, 0.3) is 0 Å². The minimum atomic E-state index is -0.293. The third-order valence-corrected chi connectivity index (χ3v) is 12.2. The van der Waals surface area contributed by atoms with Crippen LogP contribution in [0.3, 0.4) is 0 Å². The fourth-order valence-corrected chi connectivity index (χ4v) is 9.18. The fourth-order valence-electron chi connectivity index (χ4n) is 9.18. The molecule has 2 nitrogen and oxygen atoms in total. The molecule has 1 heterocycles. The Hall–Kier alpha value is -7.42. The predicted molar refractivity (Wildman–Crippen MR) is 242 cm³/mol.